The van der Waals surface area contributed by atoms with E-state index in [0.717, 1.165) is 12.3 Å². The summed E-state index contributed by atoms with van der Waals surface area (Å²) in [5.41, 5.74) is -1.06. The van der Waals surface area contributed by atoms with Crippen molar-refractivity contribution in [2.45, 2.75) is 26.1 Å². The Kier molecular flexibility index (Phi) is 5.16. The summed E-state index contributed by atoms with van der Waals surface area (Å²) in [6, 6.07) is 0.834. The Morgan fingerprint density at radius 1 is 1.53 bits per heavy atom. The van der Waals surface area contributed by atoms with Crippen molar-refractivity contribution in [2.75, 3.05) is 6.61 Å². The van der Waals surface area contributed by atoms with E-state index >= 15 is 0 Å². The van der Waals surface area contributed by atoms with Crippen LogP contribution >= 0.6 is 15.9 Å². The van der Waals surface area contributed by atoms with Crippen LogP contribution < -0.4 is 4.74 Å². The van der Waals surface area contributed by atoms with Gasteiger partial charge < -0.3 is 9.47 Å². The highest BCUT2D eigenvalue weighted by molar-refractivity contribution is 9.10. The fraction of sp³-hybridized carbons (Fsp3) is 0.455. The lowest BCUT2D eigenvalue weighted by molar-refractivity contribution is -0.152. The summed E-state index contributed by atoms with van der Waals surface area (Å²) < 4.78 is 48.0. The van der Waals surface area contributed by atoms with Crippen molar-refractivity contribution in [3.63, 3.8) is 0 Å². The lowest BCUT2D eigenvalue weighted by atomic mass is 10.2. The number of hydrogen-bond donors (Lipinski definition) is 0. The first kappa shape index (κ1) is 15.7. The third kappa shape index (κ3) is 4.38. The average molecular weight is 342 g/mol. The molecule has 1 aromatic heterocycles. The monoisotopic (exact) mass is 341 g/mol. The zero-order valence-corrected chi connectivity index (χ0v) is 11.7. The first-order valence-corrected chi connectivity index (χ1v) is 6.11. The van der Waals surface area contributed by atoms with Gasteiger partial charge in [0.2, 0.25) is 5.88 Å². The number of hydrogen-bond acceptors (Lipinski definition) is 4. The number of nitrogens with zero attached hydrogens (tertiary/aromatic N) is 1. The number of carbonyl (C=O) groups is 1. The number of alkyl halides is 3. The quantitative estimate of drug-likeness (QED) is 0.789. The van der Waals surface area contributed by atoms with Crippen molar-refractivity contribution in [1.29, 1.82) is 0 Å². The molecule has 106 valence electrons. The fourth-order valence-corrected chi connectivity index (χ4v) is 1.53. The molecule has 0 fully saturated rings. The van der Waals surface area contributed by atoms with E-state index in [1.54, 1.807) is 6.92 Å². The topological polar surface area (TPSA) is 48.4 Å². The van der Waals surface area contributed by atoms with Gasteiger partial charge in [-0.05, 0) is 35.8 Å². The van der Waals surface area contributed by atoms with Gasteiger partial charge >= 0.3 is 12.1 Å². The van der Waals surface area contributed by atoms with Crippen LogP contribution in [0.1, 0.15) is 19.4 Å². The molecule has 0 amide bonds. The molecule has 0 aliphatic carbocycles. The zero-order chi connectivity index (χ0) is 14.6. The van der Waals surface area contributed by atoms with Crippen LogP contribution in [0, 0.1) is 0 Å². The molecule has 0 radical (unpaired) electrons. The van der Waals surface area contributed by atoms with E-state index in [-0.39, 0.29) is 11.1 Å². The van der Waals surface area contributed by atoms with Crippen molar-refractivity contribution in [1.82, 2.24) is 4.98 Å². The van der Waals surface area contributed by atoms with Crippen LogP contribution in [0.2, 0.25) is 0 Å². The molecule has 8 heteroatoms. The van der Waals surface area contributed by atoms with E-state index in [1.165, 1.54) is 6.92 Å². The van der Waals surface area contributed by atoms with Gasteiger partial charge in [0.15, 0.2) is 6.10 Å². The van der Waals surface area contributed by atoms with Gasteiger partial charge in [-0.25, -0.2) is 9.78 Å². The first-order valence-electron chi connectivity index (χ1n) is 5.31. The van der Waals surface area contributed by atoms with Crippen molar-refractivity contribution >= 4 is 21.9 Å². The largest absolute Gasteiger partial charge is 0.463 e. The maximum absolute atomic E-state index is 12.8. The number of halogens is 4. The minimum absolute atomic E-state index is 0.117. The Morgan fingerprint density at radius 2 is 2.16 bits per heavy atom. The van der Waals surface area contributed by atoms with E-state index in [9.17, 15) is 18.0 Å². The van der Waals surface area contributed by atoms with Gasteiger partial charge in [0.1, 0.15) is 5.56 Å². The molecule has 0 aliphatic heterocycles. The van der Waals surface area contributed by atoms with Gasteiger partial charge in [0.05, 0.1) is 6.61 Å². The minimum Gasteiger partial charge on any atom is -0.463 e. The van der Waals surface area contributed by atoms with Gasteiger partial charge in [-0.15, -0.1) is 0 Å². The molecule has 1 atom stereocenters. The molecule has 0 saturated heterocycles. The normalized spacial score (nSPS) is 12.9. The van der Waals surface area contributed by atoms with Gasteiger partial charge in [-0.2, -0.15) is 13.2 Å². The van der Waals surface area contributed by atoms with Crippen LogP contribution in [-0.2, 0) is 15.7 Å². The third-order valence-electron chi connectivity index (χ3n) is 2.03. The van der Waals surface area contributed by atoms with Crippen LogP contribution in [0.5, 0.6) is 5.88 Å². The lowest BCUT2D eigenvalue weighted by Gasteiger charge is -2.16. The maximum atomic E-state index is 12.8. The summed E-state index contributed by atoms with van der Waals surface area (Å²) in [6.45, 7) is 3.00. The second-order valence-corrected chi connectivity index (χ2v) is 4.43. The summed E-state index contributed by atoms with van der Waals surface area (Å²) in [5.74, 6) is -1.41. The fourth-order valence-electron chi connectivity index (χ4n) is 1.20. The molecule has 19 heavy (non-hydrogen) atoms. The first-order chi connectivity index (χ1) is 8.75. The minimum atomic E-state index is -4.62. The average Bonchev–Trinajstić information content (AvgIpc) is 2.30. The number of carbonyl (C=O) groups excluding carboxylic acids is 1. The molecule has 0 saturated carbocycles. The summed E-state index contributed by atoms with van der Waals surface area (Å²) in [6.07, 6.45) is -4.64. The molecule has 0 spiro atoms. The molecule has 1 heterocycles. The van der Waals surface area contributed by atoms with Crippen LogP contribution in [0.15, 0.2) is 16.7 Å². The number of aromatic nitrogens is 1. The van der Waals surface area contributed by atoms with Crippen molar-refractivity contribution in [2.24, 2.45) is 0 Å². The highest BCUT2D eigenvalue weighted by Crippen LogP contribution is 2.36. The smallest absolute Gasteiger partial charge is 0.421 e. The lowest BCUT2D eigenvalue weighted by Crippen LogP contribution is -2.27. The maximum Gasteiger partial charge on any atom is 0.421 e. The Bertz CT molecular complexity index is 465. The highest BCUT2D eigenvalue weighted by atomic mass is 79.9. The Labute approximate surface area is 116 Å². The third-order valence-corrected chi connectivity index (χ3v) is 2.46. The van der Waals surface area contributed by atoms with E-state index in [1.807, 2.05) is 0 Å². The summed E-state index contributed by atoms with van der Waals surface area (Å²) in [7, 11) is 0. The highest BCUT2D eigenvalue weighted by Gasteiger charge is 2.36. The van der Waals surface area contributed by atoms with Crippen molar-refractivity contribution < 1.29 is 27.4 Å². The zero-order valence-electron chi connectivity index (χ0n) is 10.1. The van der Waals surface area contributed by atoms with Crippen molar-refractivity contribution in [3.05, 3.63) is 22.3 Å². The van der Waals surface area contributed by atoms with Gasteiger partial charge in [-0.1, -0.05) is 0 Å². The molecule has 0 N–H and O–H groups in total. The number of ether oxygens (including phenoxy) is 2. The molecule has 0 aliphatic rings. The predicted octanol–water partition coefficient (Wildman–Crippen LogP) is 3.19. The summed E-state index contributed by atoms with van der Waals surface area (Å²) in [4.78, 5) is 14.8. The second kappa shape index (κ2) is 6.23. The van der Waals surface area contributed by atoms with E-state index in [4.69, 9.17) is 4.74 Å². The van der Waals surface area contributed by atoms with Crippen LogP contribution in [0.25, 0.3) is 0 Å². The standard InChI is InChI=1S/C11H11BrF3NO3/c1-3-18-10(17)6(2)19-9-8(11(13,14)15)4-7(12)5-16-9/h4-6H,3H2,1-2H3. The molecule has 4 nitrogen and oxygen atoms in total. The van der Waals surface area contributed by atoms with Crippen LogP contribution in [-0.4, -0.2) is 23.7 Å². The molecular weight excluding hydrogens is 331 g/mol. The molecule has 0 bridgehead atoms. The number of pyridine rings is 1. The number of rotatable bonds is 4. The predicted molar refractivity (Wildman–Crippen MR) is 63.7 cm³/mol. The van der Waals surface area contributed by atoms with Crippen LogP contribution in [0.3, 0.4) is 0 Å². The van der Waals surface area contributed by atoms with E-state index < -0.39 is 29.7 Å². The molecule has 0 aromatic carbocycles. The molecule has 1 aromatic rings. The SMILES string of the molecule is CCOC(=O)C(C)Oc1ncc(Br)cc1C(F)(F)F. The summed E-state index contributed by atoms with van der Waals surface area (Å²) in [5, 5.41) is 0. The van der Waals surface area contributed by atoms with Gasteiger partial charge in [0.25, 0.3) is 0 Å². The number of esters is 1. The Hall–Kier alpha value is -1.31. The van der Waals surface area contributed by atoms with Gasteiger partial charge in [-0.3, -0.25) is 0 Å². The van der Waals surface area contributed by atoms with E-state index in [0.29, 0.717) is 0 Å². The van der Waals surface area contributed by atoms with Crippen LogP contribution in [0.4, 0.5) is 13.2 Å². The molecule has 1 rings (SSSR count). The second-order valence-electron chi connectivity index (χ2n) is 3.52. The van der Waals surface area contributed by atoms with Gasteiger partial charge in [0, 0.05) is 10.7 Å². The molecular formula is C11H11BrF3NO3. The summed E-state index contributed by atoms with van der Waals surface area (Å²) >= 11 is 2.90. The Morgan fingerprint density at radius 3 is 2.68 bits per heavy atom. The van der Waals surface area contributed by atoms with Crippen molar-refractivity contribution in [3.8, 4) is 5.88 Å². The Balaban J connectivity index is 2.98. The van der Waals surface area contributed by atoms with E-state index in [2.05, 4.69) is 25.7 Å². The molecule has 1 unspecified atom stereocenters.